The summed E-state index contributed by atoms with van der Waals surface area (Å²) in [5, 5.41) is 0. The normalized spacial score (nSPS) is 11.0. The number of hydrogen-bond acceptors (Lipinski definition) is 5. The van der Waals surface area contributed by atoms with Crippen molar-refractivity contribution in [1.82, 2.24) is 9.13 Å². The number of carbonyl (C=O) groups is 2. The summed E-state index contributed by atoms with van der Waals surface area (Å²) in [5.74, 6) is -1.35. The summed E-state index contributed by atoms with van der Waals surface area (Å²) in [6, 6.07) is 18.5. The minimum absolute atomic E-state index is 0.0419. The van der Waals surface area contributed by atoms with Gasteiger partial charge in [0.2, 0.25) is 5.78 Å². The number of hydrogen-bond donors (Lipinski definition) is 0. The van der Waals surface area contributed by atoms with Gasteiger partial charge in [0.1, 0.15) is 0 Å². The van der Waals surface area contributed by atoms with Crippen molar-refractivity contribution in [1.29, 1.82) is 0 Å². The van der Waals surface area contributed by atoms with Gasteiger partial charge in [0, 0.05) is 29.2 Å². The highest BCUT2D eigenvalue weighted by atomic mass is 16.5. The van der Waals surface area contributed by atoms with Crippen molar-refractivity contribution >= 4 is 22.9 Å². The van der Waals surface area contributed by atoms with Crippen LogP contribution in [-0.2, 0) is 16.1 Å². The van der Waals surface area contributed by atoms with Crippen LogP contribution in [0.1, 0.15) is 28.2 Å². The molecule has 0 aliphatic heterocycles. The Bertz CT molecular complexity index is 1310. The Kier molecular flexibility index (Phi) is 5.58. The number of esters is 1. The molecule has 2 aromatic carbocycles. The van der Waals surface area contributed by atoms with Crippen molar-refractivity contribution in [3.05, 3.63) is 88.2 Å². The van der Waals surface area contributed by atoms with Gasteiger partial charge in [-0.1, -0.05) is 30.3 Å². The van der Waals surface area contributed by atoms with E-state index < -0.39 is 11.7 Å². The number of oxazole rings is 1. The van der Waals surface area contributed by atoms with Gasteiger partial charge >= 0.3 is 11.7 Å². The predicted octanol–water partition coefficient (Wildman–Crippen LogP) is 3.82. The zero-order chi connectivity index (χ0) is 22.0. The highest BCUT2D eigenvalue weighted by molar-refractivity contribution is 5.99. The fourth-order valence-electron chi connectivity index (χ4n) is 3.74. The van der Waals surface area contributed by atoms with Gasteiger partial charge in [0.25, 0.3) is 0 Å². The molecule has 0 aliphatic rings. The first-order valence-electron chi connectivity index (χ1n) is 9.97. The lowest BCUT2D eigenvalue weighted by Crippen LogP contribution is -2.19. The first-order valence-corrected chi connectivity index (χ1v) is 9.97. The predicted molar refractivity (Wildman–Crippen MR) is 116 cm³/mol. The van der Waals surface area contributed by atoms with E-state index in [0.29, 0.717) is 16.7 Å². The van der Waals surface area contributed by atoms with E-state index in [-0.39, 0.29) is 25.4 Å². The molecule has 7 nitrogen and oxygen atoms in total. The van der Waals surface area contributed by atoms with E-state index in [2.05, 4.69) is 0 Å². The monoisotopic (exact) mass is 418 g/mol. The number of benzene rings is 2. The minimum Gasteiger partial charge on any atom is -0.457 e. The molecule has 0 saturated heterocycles. The van der Waals surface area contributed by atoms with Crippen molar-refractivity contribution in [3.63, 3.8) is 0 Å². The van der Waals surface area contributed by atoms with Crippen LogP contribution in [0.5, 0.6) is 0 Å². The maximum atomic E-state index is 12.7. The van der Waals surface area contributed by atoms with Crippen LogP contribution in [0, 0.1) is 13.8 Å². The van der Waals surface area contributed by atoms with Gasteiger partial charge in [-0.25, -0.2) is 4.79 Å². The van der Waals surface area contributed by atoms with Crippen molar-refractivity contribution in [3.8, 4) is 5.69 Å². The van der Waals surface area contributed by atoms with Gasteiger partial charge in [-0.2, -0.15) is 0 Å². The Morgan fingerprint density at radius 1 is 1.00 bits per heavy atom. The molecule has 4 aromatic rings. The Labute approximate surface area is 178 Å². The second-order valence-corrected chi connectivity index (χ2v) is 7.28. The topological polar surface area (TPSA) is 83.4 Å². The van der Waals surface area contributed by atoms with Crippen molar-refractivity contribution < 1.29 is 18.7 Å². The molecular weight excluding hydrogens is 396 g/mol. The fourth-order valence-corrected chi connectivity index (χ4v) is 3.74. The van der Waals surface area contributed by atoms with E-state index in [9.17, 15) is 14.4 Å². The Balaban J connectivity index is 1.39. The molecule has 0 spiro atoms. The second-order valence-electron chi connectivity index (χ2n) is 7.28. The molecule has 0 saturated carbocycles. The molecule has 0 fully saturated rings. The third kappa shape index (κ3) is 4.07. The Hall–Kier alpha value is -3.87. The Morgan fingerprint density at radius 3 is 2.48 bits per heavy atom. The molecule has 0 bridgehead atoms. The van der Waals surface area contributed by atoms with Gasteiger partial charge in [-0.05, 0) is 44.2 Å². The molecule has 4 rings (SSSR count). The number of fused-ring (bicyclic) bond motifs is 1. The van der Waals surface area contributed by atoms with Crippen molar-refractivity contribution in [2.24, 2.45) is 0 Å². The molecule has 2 heterocycles. The average molecular weight is 418 g/mol. The lowest BCUT2D eigenvalue weighted by atomic mass is 10.1. The molecular formula is C24H22N2O5. The van der Waals surface area contributed by atoms with Gasteiger partial charge in [-0.15, -0.1) is 0 Å². The highest BCUT2D eigenvalue weighted by Gasteiger charge is 2.18. The van der Waals surface area contributed by atoms with E-state index in [1.807, 2.05) is 48.7 Å². The largest absolute Gasteiger partial charge is 0.457 e. The third-order valence-corrected chi connectivity index (χ3v) is 5.22. The second kappa shape index (κ2) is 8.47. The van der Waals surface area contributed by atoms with E-state index in [1.165, 1.54) is 4.57 Å². The summed E-state index contributed by atoms with van der Waals surface area (Å²) < 4.78 is 13.7. The standard InChI is InChI=1S/C24H22N2O5/c1-16-14-19(17(2)26(16)18-8-4-3-5-9-18)21(27)15-30-23(28)12-13-25-20-10-6-7-11-22(20)31-24(25)29/h3-11,14H,12-13,15H2,1-2H3. The zero-order valence-corrected chi connectivity index (χ0v) is 17.3. The maximum Gasteiger partial charge on any atom is 0.419 e. The molecule has 0 aliphatic carbocycles. The third-order valence-electron chi connectivity index (χ3n) is 5.22. The van der Waals surface area contributed by atoms with Crippen LogP contribution in [0.15, 0.2) is 69.9 Å². The lowest BCUT2D eigenvalue weighted by molar-refractivity contribution is -0.142. The summed E-state index contributed by atoms with van der Waals surface area (Å²) in [6.07, 6.45) is -0.0419. The quantitative estimate of drug-likeness (QED) is 0.337. The number of carbonyl (C=O) groups excluding carboxylic acids is 2. The average Bonchev–Trinajstić information content (AvgIpc) is 3.25. The van der Waals surface area contributed by atoms with Crippen LogP contribution >= 0.6 is 0 Å². The SMILES string of the molecule is Cc1cc(C(=O)COC(=O)CCn2c(=O)oc3ccccc32)c(C)n1-c1ccccc1. The summed E-state index contributed by atoms with van der Waals surface area (Å²) in [4.78, 5) is 36.8. The van der Waals surface area contributed by atoms with Crippen LogP contribution in [0.3, 0.4) is 0 Å². The van der Waals surface area contributed by atoms with Crippen LogP contribution in [0.4, 0.5) is 0 Å². The zero-order valence-electron chi connectivity index (χ0n) is 17.3. The van der Waals surface area contributed by atoms with E-state index in [1.54, 1.807) is 30.3 Å². The number of aromatic nitrogens is 2. The number of nitrogens with zero attached hydrogens (tertiary/aromatic N) is 2. The Morgan fingerprint density at radius 2 is 1.71 bits per heavy atom. The maximum absolute atomic E-state index is 12.7. The summed E-state index contributed by atoms with van der Waals surface area (Å²) in [5.41, 5.74) is 4.28. The molecule has 0 atom stereocenters. The fraction of sp³-hybridized carbons (Fsp3) is 0.208. The van der Waals surface area contributed by atoms with Crippen molar-refractivity contribution in [2.45, 2.75) is 26.8 Å². The summed E-state index contributed by atoms with van der Waals surface area (Å²) in [6.45, 7) is 3.56. The molecule has 0 N–H and O–H groups in total. The number of ether oxygens (including phenoxy) is 1. The smallest absolute Gasteiger partial charge is 0.419 e. The molecule has 31 heavy (non-hydrogen) atoms. The molecule has 158 valence electrons. The van der Waals surface area contributed by atoms with Crippen LogP contribution in [0.2, 0.25) is 0 Å². The van der Waals surface area contributed by atoms with Gasteiger partial charge in [0.05, 0.1) is 11.9 Å². The molecule has 2 aromatic heterocycles. The van der Waals surface area contributed by atoms with Crippen LogP contribution in [0.25, 0.3) is 16.8 Å². The first-order chi connectivity index (χ1) is 15.0. The number of aryl methyl sites for hydroxylation is 2. The van der Waals surface area contributed by atoms with Gasteiger partial charge in [-0.3, -0.25) is 14.2 Å². The highest BCUT2D eigenvalue weighted by Crippen LogP contribution is 2.21. The van der Waals surface area contributed by atoms with Crippen molar-refractivity contribution in [2.75, 3.05) is 6.61 Å². The molecule has 0 unspecified atom stereocenters. The van der Waals surface area contributed by atoms with Gasteiger partial charge in [0.15, 0.2) is 12.2 Å². The van der Waals surface area contributed by atoms with E-state index >= 15 is 0 Å². The molecule has 7 heteroatoms. The van der Waals surface area contributed by atoms with E-state index in [4.69, 9.17) is 9.15 Å². The number of para-hydroxylation sites is 3. The first kappa shape index (κ1) is 20.4. The summed E-state index contributed by atoms with van der Waals surface area (Å²) >= 11 is 0. The van der Waals surface area contributed by atoms with Crippen LogP contribution < -0.4 is 5.76 Å². The number of rotatable bonds is 7. The number of Topliss-reactive ketones (excluding diaryl/α,β-unsaturated/α-hetero) is 1. The minimum atomic E-state index is -0.553. The van der Waals surface area contributed by atoms with Gasteiger partial charge < -0.3 is 13.7 Å². The lowest BCUT2D eigenvalue weighted by Gasteiger charge is -2.09. The van der Waals surface area contributed by atoms with E-state index in [0.717, 1.165) is 17.1 Å². The molecule has 0 amide bonds. The summed E-state index contributed by atoms with van der Waals surface area (Å²) in [7, 11) is 0. The number of ketones is 1. The van der Waals surface area contributed by atoms with Crippen LogP contribution in [-0.4, -0.2) is 27.5 Å². The molecule has 0 radical (unpaired) electrons.